The Labute approximate surface area is 89.4 Å². The van der Waals surface area contributed by atoms with E-state index in [-0.39, 0.29) is 5.41 Å². The molecule has 0 unspecified atom stereocenters. The van der Waals surface area contributed by atoms with Crippen molar-refractivity contribution in [2.24, 2.45) is 11.3 Å². The molecule has 86 valence electrons. The van der Waals surface area contributed by atoms with Gasteiger partial charge in [0.15, 0.2) is 0 Å². The molecule has 1 N–H and O–H groups in total. The molecular weight excluding hydrogens is 174 g/mol. The number of ether oxygens (including phenoxy) is 1. The summed E-state index contributed by atoms with van der Waals surface area (Å²) in [6.07, 6.45) is 1.11. The predicted molar refractivity (Wildman–Crippen MR) is 62.6 cm³/mol. The standard InChI is InChI=1S/C12H27NO/c1-6-7-14-10-12(4,5)9-13-8-11(2)3/h11,13H,6-10H2,1-5H3. The lowest BCUT2D eigenvalue weighted by atomic mass is 9.94. The molecule has 0 aromatic heterocycles. The Balaban J connectivity index is 3.50. The maximum atomic E-state index is 5.57. The average molecular weight is 201 g/mol. The fraction of sp³-hybridized carbons (Fsp3) is 1.00. The Morgan fingerprint density at radius 2 is 1.93 bits per heavy atom. The van der Waals surface area contributed by atoms with Crippen molar-refractivity contribution in [1.29, 1.82) is 0 Å². The van der Waals surface area contributed by atoms with Crippen LogP contribution in [0.15, 0.2) is 0 Å². The molecule has 0 radical (unpaired) electrons. The molecule has 0 rings (SSSR count). The molecule has 0 bridgehead atoms. The Bertz CT molecular complexity index is 132. The molecule has 0 saturated carbocycles. The first-order valence-corrected chi connectivity index (χ1v) is 5.76. The van der Waals surface area contributed by atoms with Crippen molar-refractivity contribution in [3.63, 3.8) is 0 Å². The van der Waals surface area contributed by atoms with Gasteiger partial charge in [-0.15, -0.1) is 0 Å². The summed E-state index contributed by atoms with van der Waals surface area (Å²) in [7, 11) is 0. The first-order valence-electron chi connectivity index (χ1n) is 5.76. The predicted octanol–water partition coefficient (Wildman–Crippen LogP) is 2.68. The molecule has 0 aromatic carbocycles. The lowest BCUT2D eigenvalue weighted by molar-refractivity contribution is 0.0622. The van der Waals surface area contributed by atoms with Gasteiger partial charge in [-0.2, -0.15) is 0 Å². The molecule has 0 atom stereocenters. The zero-order valence-corrected chi connectivity index (χ0v) is 10.5. The van der Waals surface area contributed by atoms with Crippen LogP contribution in [0.3, 0.4) is 0 Å². The molecule has 0 aromatic rings. The highest BCUT2D eigenvalue weighted by molar-refractivity contribution is 4.71. The fourth-order valence-electron chi connectivity index (χ4n) is 1.24. The number of hydrogen-bond acceptors (Lipinski definition) is 2. The van der Waals surface area contributed by atoms with Crippen LogP contribution >= 0.6 is 0 Å². The van der Waals surface area contributed by atoms with E-state index in [0.717, 1.165) is 38.6 Å². The summed E-state index contributed by atoms with van der Waals surface area (Å²) >= 11 is 0. The van der Waals surface area contributed by atoms with E-state index < -0.39 is 0 Å². The van der Waals surface area contributed by atoms with Crippen LogP contribution in [0.25, 0.3) is 0 Å². The second-order valence-electron chi connectivity index (χ2n) is 5.24. The van der Waals surface area contributed by atoms with Crippen LogP contribution in [-0.4, -0.2) is 26.3 Å². The Kier molecular flexibility index (Phi) is 7.20. The lowest BCUT2D eigenvalue weighted by Gasteiger charge is -2.25. The van der Waals surface area contributed by atoms with Crippen molar-refractivity contribution in [3.05, 3.63) is 0 Å². The van der Waals surface area contributed by atoms with Crippen molar-refractivity contribution in [1.82, 2.24) is 5.32 Å². The molecule has 0 amide bonds. The highest BCUT2D eigenvalue weighted by Gasteiger charge is 2.17. The SMILES string of the molecule is CCCOCC(C)(C)CNCC(C)C. The van der Waals surface area contributed by atoms with E-state index in [9.17, 15) is 0 Å². The highest BCUT2D eigenvalue weighted by Crippen LogP contribution is 2.14. The normalized spacial score (nSPS) is 12.4. The summed E-state index contributed by atoms with van der Waals surface area (Å²) in [5.41, 5.74) is 0.254. The summed E-state index contributed by atoms with van der Waals surface area (Å²) < 4.78 is 5.57. The number of hydrogen-bond donors (Lipinski definition) is 1. The Morgan fingerprint density at radius 1 is 1.29 bits per heavy atom. The minimum Gasteiger partial charge on any atom is -0.381 e. The van der Waals surface area contributed by atoms with Crippen LogP contribution in [-0.2, 0) is 4.74 Å². The largest absolute Gasteiger partial charge is 0.381 e. The third-order valence-electron chi connectivity index (χ3n) is 2.00. The molecule has 0 aliphatic carbocycles. The molecule has 2 nitrogen and oxygen atoms in total. The molecule has 0 aliphatic rings. The second kappa shape index (κ2) is 7.24. The fourth-order valence-corrected chi connectivity index (χ4v) is 1.24. The Morgan fingerprint density at radius 3 is 2.43 bits per heavy atom. The van der Waals surface area contributed by atoms with E-state index in [1.54, 1.807) is 0 Å². The Hall–Kier alpha value is -0.0800. The lowest BCUT2D eigenvalue weighted by Crippen LogP contribution is -2.35. The molecule has 0 saturated heterocycles. The second-order valence-corrected chi connectivity index (χ2v) is 5.24. The van der Waals surface area contributed by atoms with E-state index in [1.807, 2.05) is 0 Å². The molecular formula is C12H27NO. The van der Waals surface area contributed by atoms with Crippen molar-refractivity contribution in [2.45, 2.75) is 41.0 Å². The first-order chi connectivity index (χ1) is 6.48. The van der Waals surface area contributed by atoms with E-state index in [2.05, 4.69) is 39.9 Å². The molecule has 0 spiro atoms. The van der Waals surface area contributed by atoms with Gasteiger partial charge in [-0.1, -0.05) is 34.6 Å². The van der Waals surface area contributed by atoms with Gasteiger partial charge in [0, 0.05) is 18.6 Å². The zero-order valence-electron chi connectivity index (χ0n) is 10.5. The first kappa shape index (κ1) is 13.9. The van der Waals surface area contributed by atoms with Gasteiger partial charge in [-0.05, 0) is 18.9 Å². The smallest absolute Gasteiger partial charge is 0.0529 e. The molecule has 0 aliphatic heterocycles. The summed E-state index contributed by atoms with van der Waals surface area (Å²) in [5.74, 6) is 0.724. The van der Waals surface area contributed by atoms with Gasteiger partial charge in [0.1, 0.15) is 0 Å². The van der Waals surface area contributed by atoms with E-state index in [0.29, 0.717) is 0 Å². The summed E-state index contributed by atoms with van der Waals surface area (Å²) in [5, 5.41) is 3.47. The minimum atomic E-state index is 0.254. The molecule has 2 heteroatoms. The third-order valence-corrected chi connectivity index (χ3v) is 2.00. The highest BCUT2D eigenvalue weighted by atomic mass is 16.5. The average Bonchev–Trinajstić information content (AvgIpc) is 2.03. The van der Waals surface area contributed by atoms with Gasteiger partial charge in [-0.3, -0.25) is 0 Å². The summed E-state index contributed by atoms with van der Waals surface area (Å²) in [4.78, 5) is 0. The number of rotatable bonds is 8. The van der Waals surface area contributed by atoms with Crippen molar-refractivity contribution >= 4 is 0 Å². The maximum absolute atomic E-state index is 5.57. The summed E-state index contributed by atoms with van der Waals surface area (Å²) in [6.45, 7) is 15.0. The van der Waals surface area contributed by atoms with Crippen LogP contribution in [0.1, 0.15) is 41.0 Å². The monoisotopic (exact) mass is 201 g/mol. The van der Waals surface area contributed by atoms with Crippen molar-refractivity contribution < 1.29 is 4.74 Å². The van der Waals surface area contributed by atoms with Crippen molar-refractivity contribution in [2.75, 3.05) is 26.3 Å². The molecule has 14 heavy (non-hydrogen) atoms. The van der Waals surface area contributed by atoms with Gasteiger partial charge in [0.05, 0.1) is 6.61 Å². The summed E-state index contributed by atoms with van der Waals surface area (Å²) in [6, 6.07) is 0. The number of nitrogens with one attached hydrogen (secondary N) is 1. The van der Waals surface area contributed by atoms with Gasteiger partial charge >= 0.3 is 0 Å². The quantitative estimate of drug-likeness (QED) is 0.610. The third kappa shape index (κ3) is 8.52. The van der Waals surface area contributed by atoms with E-state index in [4.69, 9.17) is 4.74 Å². The van der Waals surface area contributed by atoms with Gasteiger partial charge in [0.25, 0.3) is 0 Å². The van der Waals surface area contributed by atoms with Crippen LogP contribution in [0, 0.1) is 11.3 Å². The zero-order chi connectivity index (χ0) is 11.0. The van der Waals surface area contributed by atoms with Gasteiger partial charge in [0.2, 0.25) is 0 Å². The van der Waals surface area contributed by atoms with Gasteiger partial charge in [-0.25, -0.2) is 0 Å². The van der Waals surface area contributed by atoms with E-state index in [1.165, 1.54) is 0 Å². The van der Waals surface area contributed by atoms with Crippen LogP contribution in [0.5, 0.6) is 0 Å². The topological polar surface area (TPSA) is 21.3 Å². The van der Waals surface area contributed by atoms with Crippen LogP contribution < -0.4 is 5.32 Å². The minimum absolute atomic E-state index is 0.254. The van der Waals surface area contributed by atoms with E-state index >= 15 is 0 Å². The maximum Gasteiger partial charge on any atom is 0.0529 e. The molecule has 0 heterocycles. The van der Waals surface area contributed by atoms with Crippen molar-refractivity contribution in [3.8, 4) is 0 Å². The van der Waals surface area contributed by atoms with Gasteiger partial charge < -0.3 is 10.1 Å². The van der Waals surface area contributed by atoms with Crippen LogP contribution in [0.4, 0.5) is 0 Å². The molecule has 0 fully saturated rings. The van der Waals surface area contributed by atoms with Crippen LogP contribution in [0.2, 0.25) is 0 Å².